The Hall–Kier alpha value is -3.33. The molecule has 0 aliphatic rings. The van der Waals surface area contributed by atoms with Gasteiger partial charge < -0.3 is 20.1 Å². The van der Waals surface area contributed by atoms with Crippen LogP contribution in [-0.4, -0.2) is 49.3 Å². The molecule has 3 N–H and O–H groups in total. The summed E-state index contributed by atoms with van der Waals surface area (Å²) in [6.45, 7) is 3.59. The fraction of sp³-hybridized carbons (Fsp3) is 0.688. The van der Waals surface area contributed by atoms with Crippen LogP contribution >= 0.6 is 7.82 Å². The van der Waals surface area contributed by atoms with Gasteiger partial charge in [-0.1, -0.05) is 245 Å². The van der Waals surface area contributed by atoms with Crippen molar-refractivity contribution in [1.29, 1.82) is 0 Å². The number of phosphoric ester groups is 1. The maximum Gasteiger partial charge on any atom is 0.472 e. The van der Waals surface area contributed by atoms with Crippen LogP contribution in [0.2, 0.25) is 0 Å². The minimum atomic E-state index is -4.39. The Balaban J connectivity index is 3.84. The number of carbonyl (C=O) groups excluding carboxylic acids is 2. The molecule has 0 fully saturated rings. The van der Waals surface area contributed by atoms with Crippen molar-refractivity contribution >= 4 is 19.8 Å². The number of unbranched alkanes of at least 4 members (excludes halogenated alkanes) is 24. The first kappa shape index (κ1) is 70.7. The molecule has 0 aromatic heterocycles. The molecule has 0 bridgehead atoms. The molecular formula is C64H110NO8P. The van der Waals surface area contributed by atoms with E-state index >= 15 is 0 Å². The molecule has 0 saturated carbocycles. The van der Waals surface area contributed by atoms with Gasteiger partial charge in [-0.15, -0.1) is 0 Å². The first-order valence-electron chi connectivity index (χ1n) is 29.9. The highest BCUT2D eigenvalue weighted by Gasteiger charge is 2.26. The molecular weight excluding hydrogens is 942 g/mol. The molecule has 74 heavy (non-hydrogen) atoms. The van der Waals surface area contributed by atoms with Crippen molar-refractivity contribution in [2.24, 2.45) is 5.73 Å². The second-order valence-electron chi connectivity index (χ2n) is 19.5. The quantitative estimate of drug-likeness (QED) is 0.0264. The summed E-state index contributed by atoms with van der Waals surface area (Å²) in [6, 6.07) is 0. The third-order valence-electron chi connectivity index (χ3n) is 12.4. The fourth-order valence-corrected chi connectivity index (χ4v) is 8.76. The Morgan fingerprint density at radius 1 is 0.419 bits per heavy atom. The van der Waals surface area contributed by atoms with E-state index in [-0.39, 0.29) is 32.6 Å². The second-order valence-corrected chi connectivity index (χ2v) is 20.9. The van der Waals surface area contributed by atoms with Gasteiger partial charge in [-0.05, 0) is 103 Å². The molecule has 0 rings (SSSR count). The molecule has 424 valence electrons. The Bertz CT molecular complexity index is 1580. The van der Waals surface area contributed by atoms with Crippen molar-refractivity contribution in [2.75, 3.05) is 26.4 Å². The zero-order valence-corrected chi connectivity index (χ0v) is 48.2. The van der Waals surface area contributed by atoms with Crippen molar-refractivity contribution < 1.29 is 37.6 Å². The van der Waals surface area contributed by atoms with Crippen LogP contribution in [0.3, 0.4) is 0 Å². The van der Waals surface area contributed by atoms with E-state index < -0.39 is 32.5 Å². The average Bonchev–Trinajstić information content (AvgIpc) is 3.39. The number of esters is 2. The molecule has 0 heterocycles. The zero-order valence-electron chi connectivity index (χ0n) is 47.3. The molecule has 0 aliphatic heterocycles. The molecule has 2 atom stereocenters. The lowest BCUT2D eigenvalue weighted by Crippen LogP contribution is -2.29. The average molecular weight is 1050 g/mol. The van der Waals surface area contributed by atoms with E-state index in [1.807, 2.05) is 0 Å². The smallest absolute Gasteiger partial charge is 0.462 e. The number of allylic oxidation sites excluding steroid dienone is 18. The summed E-state index contributed by atoms with van der Waals surface area (Å²) in [4.78, 5) is 35.0. The van der Waals surface area contributed by atoms with E-state index in [9.17, 15) is 19.0 Å². The van der Waals surface area contributed by atoms with E-state index in [1.54, 1.807) is 0 Å². The third-order valence-corrected chi connectivity index (χ3v) is 13.4. The summed E-state index contributed by atoms with van der Waals surface area (Å²) in [5.74, 6) is -0.838. The van der Waals surface area contributed by atoms with Crippen LogP contribution in [0, 0.1) is 0 Å². The van der Waals surface area contributed by atoms with Crippen LogP contribution in [-0.2, 0) is 32.7 Å². The van der Waals surface area contributed by atoms with Crippen molar-refractivity contribution in [3.63, 3.8) is 0 Å². The lowest BCUT2D eigenvalue weighted by molar-refractivity contribution is -0.161. The SMILES string of the molecule is CC/C=C\C/C=C\C/C=C\C/C=C\C/C=C\C/C=C\C/C=C\C/C=C\CCCCCCCCCCCCCCCCCCC(=O)OC(COC(=O)CCCCCCC/C=C\CCCCC)COP(=O)(O)OCCN. The molecule has 0 amide bonds. The van der Waals surface area contributed by atoms with E-state index in [4.69, 9.17) is 24.3 Å². The monoisotopic (exact) mass is 1050 g/mol. The summed E-state index contributed by atoms with van der Waals surface area (Å²) in [5, 5.41) is 0. The van der Waals surface area contributed by atoms with Crippen molar-refractivity contribution in [3.8, 4) is 0 Å². The Morgan fingerprint density at radius 2 is 0.743 bits per heavy atom. The minimum absolute atomic E-state index is 0.0497. The number of phosphoric acid groups is 1. The number of rotatable bonds is 55. The Labute approximate surface area is 454 Å². The van der Waals surface area contributed by atoms with E-state index in [0.717, 1.165) is 109 Å². The van der Waals surface area contributed by atoms with E-state index in [2.05, 4.69) is 123 Å². The summed E-state index contributed by atoms with van der Waals surface area (Å²) < 4.78 is 32.9. The number of carbonyl (C=O) groups is 2. The van der Waals surface area contributed by atoms with Crippen LogP contribution in [0.5, 0.6) is 0 Å². The molecule has 2 unspecified atom stereocenters. The molecule has 10 heteroatoms. The summed E-state index contributed by atoms with van der Waals surface area (Å²) in [6.07, 6.45) is 80.3. The van der Waals surface area contributed by atoms with Gasteiger partial charge in [0.2, 0.25) is 0 Å². The summed E-state index contributed by atoms with van der Waals surface area (Å²) >= 11 is 0. The molecule has 0 aliphatic carbocycles. The molecule has 9 nitrogen and oxygen atoms in total. The zero-order chi connectivity index (χ0) is 53.8. The topological polar surface area (TPSA) is 134 Å². The normalized spacial score (nSPS) is 13.8. The molecule has 0 radical (unpaired) electrons. The largest absolute Gasteiger partial charge is 0.472 e. The van der Waals surface area contributed by atoms with Gasteiger partial charge in [0.15, 0.2) is 6.10 Å². The Kier molecular flexibility index (Phi) is 56.3. The number of hydrogen-bond donors (Lipinski definition) is 2. The lowest BCUT2D eigenvalue weighted by Gasteiger charge is -2.19. The van der Waals surface area contributed by atoms with Crippen LogP contribution in [0.1, 0.15) is 251 Å². The van der Waals surface area contributed by atoms with Crippen molar-refractivity contribution in [2.45, 2.75) is 258 Å². The highest BCUT2D eigenvalue weighted by molar-refractivity contribution is 7.47. The number of nitrogens with two attached hydrogens (primary N) is 1. The van der Waals surface area contributed by atoms with Gasteiger partial charge in [-0.3, -0.25) is 18.6 Å². The lowest BCUT2D eigenvalue weighted by atomic mass is 10.0. The van der Waals surface area contributed by atoms with Crippen LogP contribution in [0.15, 0.2) is 109 Å². The van der Waals surface area contributed by atoms with Crippen molar-refractivity contribution in [1.82, 2.24) is 0 Å². The Morgan fingerprint density at radius 3 is 1.12 bits per heavy atom. The van der Waals surface area contributed by atoms with Gasteiger partial charge in [0, 0.05) is 19.4 Å². The predicted octanol–water partition coefficient (Wildman–Crippen LogP) is 19.0. The third kappa shape index (κ3) is 57.9. The predicted molar refractivity (Wildman–Crippen MR) is 316 cm³/mol. The van der Waals surface area contributed by atoms with Crippen LogP contribution in [0.4, 0.5) is 0 Å². The van der Waals surface area contributed by atoms with Gasteiger partial charge in [0.1, 0.15) is 6.61 Å². The maximum absolute atomic E-state index is 12.7. The fourth-order valence-electron chi connectivity index (χ4n) is 8.00. The van der Waals surface area contributed by atoms with Crippen molar-refractivity contribution in [3.05, 3.63) is 109 Å². The van der Waals surface area contributed by atoms with Gasteiger partial charge in [-0.2, -0.15) is 0 Å². The first-order valence-corrected chi connectivity index (χ1v) is 31.4. The van der Waals surface area contributed by atoms with Gasteiger partial charge in [-0.25, -0.2) is 4.57 Å². The van der Waals surface area contributed by atoms with Gasteiger partial charge in [0.25, 0.3) is 0 Å². The van der Waals surface area contributed by atoms with Crippen LogP contribution in [0.25, 0.3) is 0 Å². The molecule has 0 saturated heterocycles. The second kappa shape index (κ2) is 58.9. The highest BCUT2D eigenvalue weighted by atomic mass is 31.2. The van der Waals surface area contributed by atoms with Crippen LogP contribution < -0.4 is 5.73 Å². The molecule has 0 aromatic carbocycles. The number of hydrogen-bond acceptors (Lipinski definition) is 8. The standard InChI is InChI=1S/C64H110NO8P/c1-3-5-7-9-11-13-15-17-18-19-20-21-22-23-24-25-26-27-28-29-30-31-32-33-34-35-36-37-38-39-40-41-42-43-44-45-47-49-51-53-55-57-64(67)73-62(61-72-74(68,69)71-59-58-65)60-70-63(66)56-54-52-50-48-46-16-14-12-10-8-6-4-2/h5,7,11-14,17-18,20-21,23-24,26-27,29-30,32-33,62H,3-4,6,8-10,15-16,19,22,25,28,31,34-61,65H2,1-2H3,(H,68,69)/b7-5-,13-11-,14-12-,18-17-,21-20-,24-23-,27-26-,30-29-,33-32-. The highest BCUT2D eigenvalue weighted by Crippen LogP contribution is 2.43. The van der Waals surface area contributed by atoms with Gasteiger partial charge >= 0.3 is 19.8 Å². The van der Waals surface area contributed by atoms with E-state index in [0.29, 0.717) is 6.42 Å². The maximum atomic E-state index is 12.7. The first-order chi connectivity index (χ1) is 36.3. The van der Waals surface area contributed by atoms with Gasteiger partial charge in [0.05, 0.1) is 13.2 Å². The minimum Gasteiger partial charge on any atom is -0.462 e. The molecule has 0 aromatic rings. The number of ether oxygens (including phenoxy) is 2. The van der Waals surface area contributed by atoms with E-state index in [1.165, 1.54) is 109 Å². The summed E-state index contributed by atoms with van der Waals surface area (Å²) in [5.41, 5.74) is 5.37. The summed E-state index contributed by atoms with van der Waals surface area (Å²) in [7, 11) is -4.39. The molecule has 0 spiro atoms.